The third-order valence-corrected chi connectivity index (χ3v) is 7.22. The van der Waals surface area contributed by atoms with Crippen LogP contribution in [0.3, 0.4) is 0 Å². The van der Waals surface area contributed by atoms with E-state index in [1.54, 1.807) is 12.1 Å². The summed E-state index contributed by atoms with van der Waals surface area (Å²) in [4.78, 5) is 19.6. The quantitative estimate of drug-likeness (QED) is 0.393. The molecule has 0 aromatic heterocycles. The van der Waals surface area contributed by atoms with Crippen LogP contribution in [0.2, 0.25) is 0 Å². The highest BCUT2D eigenvalue weighted by Crippen LogP contribution is 2.43. The normalized spacial score (nSPS) is 24.3. The number of rotatable bonds is 6. The molecule has 6 rings (SSSR count). The molecule has 3 aromatic rings. The number of benzene rings is 3. The van der Waals surface area contributed by atoms with E-state index in [0.717, 1.165) is 18.7 Å². The van der Waals surface area contributed by atoms with Crippen molar-refractivity contribution < 1.29 is 9.53 Å². The molecule has 2 atom stereocenters. The maximum Gasteiger partial charge on any atom is 0.337 e. The summed E-state index contributed by atoms with van der Waals surface area (Å²) in [6.07, 6.45) is 4.40. The lowest BCUT2D eigenvalue weighted by Crippen LogP contribution is -2.59. The number of esters is 1. The van der Waals surface area contributed by atoms with Crippen molar-refractivity contribution in [1.29, 1.82) is 0 Å². The van der Waals surface area contributed by atoms with Gasteiger partial charge in [0.1, 0.15) is 0 Å². The summed E-state index contributed by atoms with van der Waals surface area (Å²) >= 11 is 0. The molecule has 0 aliphatic carbocycles. The van der Waals surface area contributed by atoms with E-state index < -0.39 is 0 Å². The third-order valence-electron chi connectivity index (χ3n) is 7.22. The van der Waals surface area contributed by atoms with Gasteiger partial charge in [0.25, 0.3) is 0 Å². The largest absolute Gasteiger partial charge is 0.465 e. The van der Waals surface area contributed by atoms with Gasteiger partial charge in [-0.2, -0.15) is 0 Å². The Kier molecular flexibility index (Phi) is 6.36. The highest BCUT2D eigenvalue weighted by atomic mass is 16.5. The van der Waals surface area contributed by atoms with Crippen LogP contribution in [0.4, 0.5) is 0 Å². The molecule has 4 heteroatoms. The number of hydrogen-bond acceptors (Lipinski definition) is 4. The maximum atomic E-state index is 11.7. The van der Waals surface area contributed by atoms with Gasteiger partial charge in [0.15, 0.2) is 0 Å². The summed E-state index contributed by atoms with van der Waals surface area (Å²) in [6.45, 7) is 2.29. The summed E-state index contributed by atoms with van der Waals surface area (Å²) < 4.78 is 4.81. The minimum absolute atomic E-state index is 0.234. The Hall–Kier alpha value is -3.24. The minimum Gasteiger partial charge on any atom is -0.465 e. The molecule has 3 saturated heterocycles. The van der Waals surface area contributed by atoms with E-state index in [0.29, 0.717) is 17.5 Å². The first-order valence-electron chi connectivity index (χ1n) is 11.8. The second-order valence-corrected chi connectivity index (χ2v) is 9.05. The molecule has 0 unspecified atom stereocenters. The van der Waals surface area contributed by atoms with Crippen LogP contribution in [0.25, 0.3) is 0 Å². The monoisotopic (exact) mass is 438 g/mol. The van der Waals surface area contributed by atoms with E-state index in [9.17, 15) is 4.79 Å². The second-order valence-electron chi connectivity index (χ2n) is 9.05. The SMILES string of the molecule is COC(=O)c1ccc(/C=N/[C@@H]2C3CCN(CC3)[C@H]2C(c2ccccc2)c2ccccc2)cc1. The molecular formula is C29H30N2O2. The minimum atomic E-state index is -0.315. The predicted molar refractivity (Wildman–Crippen MR) is 132 cm³/mol. The zero-order valence-electron chi connectivity index (χ0n) is 19.0. The summed E-state index contributed by atoms with van der Waals surface area (Å²) in [7, 11) is 1.40. The number of fused-ring (bicyclic) bond motifs is 3. The molecule has 3 fully saturated rings. The van der Waals surface area contributed by atoms with Gasteiger partial charge in [0.2, 0.25) is 0 Å². The summed E-state index contributed by atoms with van der Waals surface area (Å²) in [6, 6.07) is 29.8. The average Bonchev–Trinajstić information content (AvgIpc) is 2.90. The van der Waals surface area contributed by atoms with Gasteiger partial charge >= 0.3 is 5.97 Å². The van der Waals surface area contributed by atoms with Crippen molar-refractivity contribution in [1.82, 2.24) is 4.90 Å². The Balaban J connectivity index is 1.49. The molecule has 0 amide bonds. The van der Waals surface area contributed by atoms with Gasteiger partial charge < -0.3 is 4.74 Å². The molecule has 0 spiro atoms. The Morgan fingerprint density at radius 1 is 0.909 bits per heavy atom. The van der Waals surface area contributed by atoms with Crippen LogP contribution in [-0.2, 0) is 4.74 Å². The van der Waals surface area contributed by atoms with Crippen molar-refractivity contribution in [3.05, 3.63) is 107 Å². The number of carbonyl (C=O) groups is 1. The lowest BCUT2D eigenvalue weighted by molar-refractivity contribution is 0.0215. The van der Waals surface area contributed by atoms with Gasteiger partial charge in [0.05, 0.1) is 18.7 Å². The lowest BCUT2D eigenvalue weighted by atomic mass is 9.71. The molecule has 3 aliphatic heterocycles. The Bertz CT molecular complexity index is 1050. The second kappa shape index (κ2) is 9.72. The summed E-state index contributed by atoms with van der Waals surface area (Å²) in [5.74, 6) is 0.560. The van der Waals surface area contributed by atoms with Gasteiger partial charge in [0, 0.05) is 18.2 Å². The number of methoxy groups -OCH3 is 1. The topological polar surface area (TPSA) is 41.9 Å². The first-order chi connectivity index (χ1) is 16.2. The van der Waals surface area contributed by atoms with Crippen molar-refractivity contribution >= 4 is 12.2 Å². The molecule has 3 aromatic carbocycles. The molecule has 3 aliphatic rings. The molecule has 0 saturated carbocycles. The highest BCUT2D eigenvalue weighted by molar-refractivity contribution is 5.90. The maximum absolute atomic E-state index is 11.7. The first kappa shape index (κ1) is 21.6. The third kappa shape index (κ3) is 4.49. The van der Waals surface area contributed by atoms with Gasteiger partial charge in [-0.25, -0.2) is 4.79 Å². The molecule has 0 radical (unpaired) electrons. The summed E-state index contributed by atoms with van der Waals surface area (Å²) in [5.41, 5.74) is 4.27. The number of nitrogens with zero attached hydrogens (tertiary/aromatic N) is 2. The molecule has 4 nitrogen and oxygen atoms in total. The van der Waals surface area contributed by atoms with Gasteiger partial charge in [-0.1, -0.05) is 72.8 Å². The fourth-order valence-electron chi connectivity index (χ4n) is 5.57. The van der Waals surface area contributed by atoms with E-state index >= 15 is 0 Å². The van der Waals surface area contributed by atoms with Crippen molar-refractivity contribution in [3.63, 3.8) is 0 Å². The fraction of sp³-hybridized carbons (Fsp3) is 0.310. The van der Waals surface area contributed by atoms with Crippen LogP contribution < -0.4 is 0 Å². The molecule has 168 valence electrons. The number of piperidine rings is 3. The van der Waals surface area contributed by atoms with Crippen molar-refractivity contribution in [2.75, 3.05) is 20.2 Å². The van der Waals surface area contributed by atoms with Crippen molar-refractivity contribution in [3.8, 4) is 0 Å². The molecule has 2 bridgehead atoms. The van der Waals surface area contributed by atoms with E-state index in [2.05, 4.69) is 65.6 Å². The standard InChI is InChI=1S/C29H30N2O2/c1-33-29(32)25-14-12-21(13-15-25)20-30-27-24-16-18-31(19-17-24)28(27)26(22-8-4-2-5-9-22)23-10-6-3-7-11-23/h2-15,20,24,26-28H,16-19H2,1H3/b30-20+/t27-,28+/m1/s1. The fourth-order valence-corrected chi connectivity index (χ4v) is 5.57. The Morgan fingerprint density at radius 2 is 1.48 bits per heavy atom. The van der Waals surface area contributed by atoms with Crippen molar-refractivity contribution in [2.24, 2.45) is 10.9 Å². The zero-order chi connectivity index (χ0) is 22.6. The van der Waals surface area contributed by atoms with Gasteiger partial charge in [-0.3, -0.25) is 9.89 Å². The molecule has 3 heterocycles. The van der Waals surface area contributed by atoms with E-state index in [4.69, 9.17) is 9.73 Å². The molecule has 0 N–H and O–H groups in total. The van der Waals surface area contributed by atoms with Crippen LogP contribution in [-0.4, -0.2) is 49.4 Å². The molecule has 33 heavy (non-hydrogen) atoms. The van der Waals surface area contributed by atoms with Gasteiger partial charge in [-0.15, -0.1) is 0 Å². The van der Waals surface area contributed by atoms with E-state index in [-0.39, 0.29) is 17.9 Å². The average molecular weight is 439 g/mol. The smallest absolute Gasteiger partial charge is 0.337 e. The molecular weight excluding hydrogens is 408 g/mol. The number of carbonyl (C=O) groups excluding carboxylic acids is 1. The van der Waals surface area contributed by atoms with Crippen LogP contribution in [0, 0.1) is 5.92 Å². The van der Waals surface area contributed by atoms with Crippen LogP contribution in [0.1, 0.15) is 45.8 Å². The van der Waals surface area contributed by atoms with Crippen LogP contribution in [0.15, 0.2) is 89.9 Å². The van der Waals surface area contributed by atoms with E-state index in [1.807, 2.05) is 18.3 Å². The Morgan fingerprint density at radius 3 is 2.03 bits per heavy atom. The summed E-state index contributed by atoms with van der Waals surface area (Å²) in [5, 5.41) is 0. The van der Waals surface area contributed by atoms with Gasteiger partial charge in [-0.05, 0) is 60.7 Å². The van der Waals surface area contributed by atoms with E-state index in [1.165, 1.54) is 31.1 Å². The Labute approximate surface area is 195 Å². The van der Waals surface area contributed by atoms with Crippen molar-refractivity contribution in [2.45, 2.75) is 30.8 Å². The van der Waals surface area contributed by atoms with Crippen LogP contribution >= 0.6 is 0 Å². The predicted octanol–water partition coefficient (Wildman–Crippen LogP) is 5.19. The highest BCUT2D eigenvalue weighted by Gasteiger charge is 2.46. The number of aliphatic imine (C=N–C) groups is 1. The number of ether oxygens (including phenoxy) is 1. The number of hydrogen-bond donors (Lipinski definition) is 0. The lowest BCUT2D eigenvalue weighted by Gasteiger charge is -2.52. The first-order valence-corrected chi connectivity index (χ1v) is 11.8. The van der Waals surface area contributed by atoms with Crippen LogP contribution in [0.5, 0.6) is 0 Å². The zero-order valence-corrected chi connectivity index (χ0v) is 19.0.